The second kappa shape index (κ2) is 11.0. The van der Waals surface area contributed by atoms with Crippen molar-refractivity contribution in [2.75, 3.05) is 24.7 Å². The first-order valence-electron chi connectivity index (χ1n) is 13.0. The first-order chi connectivity index (χ1) is 20.9. The number of aromatic nitrogens is 6. The van der Waals surface area contributed by atoms with Gasteiger partial charge in [-0.25, -0.2) is 24.5 Å². The predicted molar refractivity (Wildman–Crippen MR) is 152 cm³/mol. The molecule has 0 amide bonds. The Labute approximate surface area is 252 Å². The molecule has 0 aliphatic carbocycles. The van der Waals surface area contributed by atoms with E-state index in [1.807, 2.05) is 0 Å². The maximum atomic E-state index is 13.1. The van der Waals surface area contributed by atoms with Gasteiger partial charge in [-0.1, -0.05) is 0 Å². The van der Waals surface area contributed by atoms with E-state index in [1.165, 1.54) is 28.0 Å². The normalized spacial score (nSPS) is 38.3. The van der Waals surface area contributed by atoms with E-state index in [1.54, 1.807) is 18.3 Å². The molecule has 0 aromatic carbocycles. The fraction of sp³-hybridized carbons (Fsp3) is 0.455. The SMILES string of the molecule is Nc1ncnc2c1ccn2[C@@H]1O[C@@H]2COP(O)(=S)O[C@H]3C(O)[C@@H](COP(=O)(O)O[C@@H]2C1O)O[C@H]3n1ccc2c(N)ncnc21. The lowest BCUT2D eigenvalue weighted by Crippen LogP contribution is -2.36. The Morgan fingerprint density at radius 2 is 1.36 bits per heavy atom. The number of anilines is 2. The van der Waals surface area contributed by atoms with Gasteiger partial charge in [0.25, 0.3) is 0 Å². The Kier molecular flexibility index (Phi) is 7.49. The van der Waals surface area contributed by atoms with E-state index in [4.69, 9.17) is 50.8 Å². The number of phosphoric acid groups is 1. The third-order valence-electron chi connectivity index (χ3n) is 7.56. The van der Waals surface area contributed by atoms with Gasteiger partial charge in [-0.05, 0) is 23.9 Å². The van der Waals surface area contributed by atoms with Crippen LogP contribution in [0.15, 0.2) is 37.2 Å². The van der Waals surface area contributed by atoms with Gasteiger partial charge in [0.15, 0.2) is 12.5 Å². The molecule has 0 spiro atoms. The van der Waals surface area contributed by atoms with Crippen LogP contribution in [-0.4, -0.2) is 98.9 Å². The van der Waals surface area contributed by atoms with Crippen LogP contribution >= 0.6 is 14.5 Å². The summed E-state index contributed by atoms with van der Waals surface area (Å²) in [6.45, 7) is -5.40. The number of nitrogen functional groups attached to an aromatic ring is 2. The molecule has 22 heteroatoms. The van der Waals surface area contributed by atoms with Crippen LogP contribution in [0, 0.1) is 0 Å². The Hall–Kier alpha value is -2.68. The summed E-state index contributed by atoms with van der Waals surface area (Å²) in [4.78, 5) is 38.0. The number of aliphatic hydroxyl groups is 2. The zero-order valence-corrected chi connectivity index (χ0v) is 24.9. The van der Waals surface area contributed by atoms with Gasteiger partial charge in [0.1, 0.15) is 72.2 Å². The zero-order chi connectivity index (χ0) is 31.0. The van der Waals surface area contributed by atoms with E-state index in [0.717, 1.165) is 0 Å². The molecule has 10 atom stereocenters. The fourth-order valence-corrected chi connectivity index (χ4v) is 7.88. The van der Waals surface area contributed by atoms with Gasteiger partial charge >= 0.3 is 14.5 Å². The second-order valence-electron chi connectivity index (χ2n) is 10.2. The molecular formula is C22H26N8O11P2S. The van der Waals surface area contributed by atoms with Gasteiger partial charge < -0.3 is 54.6 Å². The first kappa shape index (κ1) is 30.0. The summed E-state index contributed by atoms with van der Waals surface area (Å²) < 4.78 is 49.9. The number of aliphatic hydroxyl groups excluding tert-OH is 2. The number of ether oxygens (including phenoxy) is 2. The Bertz CT molecular complexity index is 1830. The number of fused-ring (bicyclic) bond motifs is 5. The Morgan fingerprint density at radius 1 is 0.795 bits per heavy atom. The zero-order valence-electron chi connectivity index (χ0n) is 22.3. The summed E-state index contributed by atoms with van der Waals surface area (Å²) in [5, 5.41) is 23.3. The molecular weight excluding hydrogens is 646 g/mol. The lowest BCUT2D eigenvalue weighted by molar-refractivity contribution is -0.0634. The molecule has 3 aliphatic rings. The van der Waals surface area contributed by atoms with Gasteiger partial charge in [-0.2, -0.15) is 0 Å². The summed E-state index contributed by atoms with van der Waals surface area (Å²) in [5.41, 5.74) is 12.5. The van der Waals surface area contributed by atoms with Crippen molar-refractivity contribution in [1.82, 2.24) is 29.1 Å². The Morgan fingerprint density at radius 3 is 2.00 bits per heavy atom. The number of phosphoric ester groups is 1. The third kappa shape index (κ3) is 5.21. The summed E-state index contributed by atoms with van der Waals surface area (Å²) in [7, 11) is -4.94. The van der Waals surface area contributed by atoms with Crippen LogP contribution in [0.5, 0.6) is 0 Å². The lowest BCUT2D eigenvalue weighted by Gasteiger charge is -2.27. The van der Waals surface area contributed by atoms with Crippen LogP contribution in [0.1, 0.15) is 12.5 Å². The highest BCUT2D eigenvalue weighted by Gasteiger charge is 2.53. The molecule has 0 radical (unpaired) electrons. The topological polar surface area (TPSA) is 267 Å². The van der Waals surface area contributed by atoms with Crippen molar-refractivity contribution in [2.45, 2.75) is 49.1 Å². The second-order valence-corrected chi connectivity index (χ2v) is 14.4. The molecule has 3 saturated heterocycles. The molecule has 19 nitrogen and oxygen atoms in total. The minimum Gasteiger partial charge on any atom is -0.387 e. The summed E-state index contributed by atoms with van der Waals surface area (Å²) in [5.74, 6) is 0.382. The van der Waals surface area contributed by atoms with E-state index in [9.17, 15) is 24.6 Å². The van der Waals surface area contributed by atoms with E-state index >= 15 is 0 Å². The molecule has 7 heterocycles. The maximum absolute atomic E-state index is 13.1. The van der Waals surface area contributed by atoms with Gasteiger partial charge in [0, 0.05) is 12.4 Å². The van der Waals surface area contributed by atoms with Crippen LogP contribution in [0.25, 0.3) is 22.1 Å². The average molecular weight is 673 g/mol. The van der Waals surface area contributed by atoms with Gasteiger partial charge in [0.05, 0.1) is 24.0 Å². The van der Waals surface area contributed by atoms with Crippen LogP contribution in [0.4, 0.5) is 11.6 Å². The quantitative estimate of drug-likeness (QED) is 0.149. The smallest absolute Gasteiger partial charge is 0.387 e. The van der Waals surface area contributed by atoms with E-state index in [2.05, 4.69) is 19.9 Å². The van der Waals surface area contributed by atoms with Crippen LogP contribution in [0.3, 0.4) is 0 Å². The minimum atomic E-state index is -4.94. The monoisotopic (exact) mass is 672 g/mol. The van der Waals surface area contributed by atoms with E-state index in [-0.39, 0.29) is 11.6 Å². The molecule has 4 unspecified atom stereocenters. The molecule has 4 aromatic rings. The van der Waals surface area contributed by atoms with E-state index < -0.39 is 76.8 Å². The summed E-state index contributed by atoms with van der Waals surface area (Å²) in [6.07, 6.45) is -5.32. The fourth-order valence-electron chi connectivity index (χ4n) is 5.50. The number of nitrogens with zero attached hydrogens (tertiary/aromatic N) is 6. The van der Waals surface area contributed by atoms with Gasteiger partial charge in [-0.3, -0.25) is 13.6 Å². The molecule has 3 aliphatic heterocycles. The van der Waals surface area contributed by atoms with Gasteiger partial charge in [0.2, 0.25) is 0 Å². The molecule has 236 valence electrons. The predicted octanol–water partition coefficient (Wildman–Crippen LogP) is -0.308. The first-order valence-corrected chi connectivity index (χ1v) is 17.1. The van der Waals surface area contributed by atoms with Gasteiger partial charge in [-0.15, -0.1) is 0 Å². The highest BCUT2D eigenvalue weighted by molar-refractivity contribution is 8.07. The summed E-state index contributed by atoms with van der Waals surface area (Å²) in [6, 6.07) is 3.23. The van der Waals surface area contributed by atoms with Crippen molar-refractivity contribution in [3.8, 4) is 0 Å². The standard InChI is InChI=1S/C22H26N8O11P2S/c23-17-9-1-3-29(19(9)27-7-25-17)21-14(32)15-12(39-21)6-37-43(35,44)41-16-13(31)11(5-36-42(33,34)40-15)38-22(16)30-4-2-10-18(24)26-8-28-20(10)30/h1-4,7-8,11-16,21-22,31-32H,5-6H2,(H,33,34)(H,35,44)(H2,23,25,27)(H2,24,26,28)/t11-,12-,13?,14?,15+,16+,21-,22-,43?/m1/s1. The number of rotatable bonds is 2. The minimum absolute atomic E-state index is 0.191. The van der Waals surface area contributed by atoms with Crippen molar-refractivity contribution < 1.29 is 52.1 Å². The van der Waals surface area contributed by atoms with Crippen molar-refractivity contribution in [1.29, 1.82) is 0 Å². The summed E-state index contributed by atoms with van der Waals surface area (Å²) >= 11 is 5.26. The number of hydrogen-bond donors (Lipinski definition) is 6. The maximum Gasteiger partial charge on any atom is 0.472 e. The van der Waals surface area contributed by atoms with Crippen LogP contribution < -0.4 is 11.5 Å². The molecule has 0 saturated carbocycles. The Balaban J connectivity index is 1.20. The highest BCUT2D eigenvalue weighted by Crippen LogP contribution is 2.54. The van der Waals surface area contributed by atoms with Crippen LogP contribution in [-0.2, 0) is 43.9 Å². The van der Waals surface area contributed by atoms with Crippen molar-refractivity contribution >= 4 is 60.1 Å². The average Bonchev–Trinajstić information content (AvgIpc) is 3.73. The van der Waals surface area contributed by atoms with Crippen molar-refractivity contribution in [3.63, 3.8) is 0 Å². The number of nitrogens with two attached hydrogens (primary N) is 2. The van der Waals surface area contributed by atoms with E-state index in [0.29, 0.717) is 22.1 Å². The molecule has 3 fully saturated rings. The largest absolute Gasteiger partial charge is 0.472 e. The van der Waals surface area contributed by atoms with Crippen LogP contribution in [0.2, 0.25) is 0 Å². The molecule has 2 bridgehead atoms. The third-order valence-corrected chi connectivity index (χ3v) is 10.1. The molecule has 4 aromatic heterocycles. The molecule has 7 rings (SSSR count). The lowest BCUT2D eigenvalue weighted by atomic mass is 10.1. The van der Waals surface area contributed by atoms with Crippen molar-refractivity contribution in [3.05, 3.63) is 37.2 Å². The molecule has 8 N–H and O–H groups in total. The molecule has 44 heavy (non-hydrogen) atoms. The van der Waals surface area contributed by atoms with Crippen molar-refractivity contribution in [2.24, 2.45) is 0 Å². The highest BCUT2D eigenvalue weighted by atomic mass is 32.5. The number of hydrogen-bond acceptors (Lipinski definition) is 16.